The fraction of sp³-hybridized carbons (Fsp3) is 0.500. The number of aromatic nitrogens is 2. The third kappa shape index (κ3) is 2.25. The molecule has 1 fully saturated rings. The Morgan fingerprint density at radius 3 is 2.76 bits per heavy atom. The molecule has 94 valence electrons. The van der Waals surface area contributed by atoms with Gasteiger partial charge in [-0.2, -0.15) is 4.31 Å². The molecule has 1 saturated carbocycles. The monoisotopic (exact) mass is 275 g/mol. The lowest BCUT2D eigenvalue weighted by Crippen LogP contribution is -2.33. The standard InChI is InChI=1S/C10H14ClN3O2S/c1-3-6-14(8-4-5-8)17(15,16)10-9(11)13(2)7-12-10/h3,7-8H,1,4-6H2,2H3. The third-order valence-corrected chi connectivity index (χ3v) is 5.06. The minimum atomic E-state index is -3.61. The fourth-order valence-electron chi connectivity index (χ4n) is 1.61. The van der Waals surface area contributed by atoms with Crippen molar-refractivity contribution in [3.05, 3.63) is 24.1 Å². The van der Waals surface area contributed by atoms with Crippen LogP contribution < -0.4 is 0 Å². The van der Waals surface area contributed by atoms with Gasteiger partial charge in [-0.05, 0) is 12.8 Å². The maximum atomic E-state index is 12.4. The second-order valence-electron chi connectivity index (χ2n) is 4.05. The molecule has 5 nitrogen and oxygen atoms in total. The number of nitrogens with zero attached hydrogens (tertiary/aromatic N) is 3. The Morgan fingerprint density at radius 1 is 1.71 bits per heavy atom. The average Bonchev–Trinajstić information content (AvgIpc) is 3.03. The van der Waals surface area contributed by atoms with Crippen LogP contribution in [-0.4, -0.2) is 34.9 Å². The number of aryl methyl sites for hydroxylation is 1. The van der Waals surface area contributed by atoms with Gasteiger partial charge in [0, 0.05) is 19.6 Å². The van der Waals surface area contributed by atoms with Crippen LogP contribution in [0.1, 0.15) is 12.8 Å². The van der Waals surface area contributed by atoms with E-state index in [1.807, 2.05) is 0 Å². The zero-order valence-electron chi connectivity index (χ0n) is 9.50. The van der Waals surface area contributed by atoms with Crippen molar-refractivity contribution in [2.45, 2.75) is 23.9 Å². The molecule has 1 aliphatic carbocycles. The summed E-state index contributed by atoms with van der Waals surface area (Å²) in [6.45, 7) is 3.87. The molecule has 0 bridgehead atoms. The average molecular weight is 276 g/mol. The van der Waals surface area contributed by atoms with Crippen molar-refractivity contribution >= 4 is 21.6 Å². The molecule has 0 aromatic carbocycles. The topological polar surface area (TPSA) is 55.2 Å². The van der Waals surface area contributed by atoms with Crippen molar-refractivity contribution in [3.8, 4) is 0 Å². The van der Waals surface area contributed by atoms with E-state index in [1.165, 1.54) is 15.2 Å². The van der Waals surface area contributed by atoms with E-state index in [-0.39, 0.29) is 16.2 Å². The number of hydrogen-bond acceptors (Lipinski definition) is 3. The van der Waals surface area contributed by atoms with Gasteiger partial charge in [0.2, 0.25) is 5.03 Å². The first-order valence-electron chi connectivity index (χ1n) is 5.28. The van der Waals surface area contributed by atoms with Gasteiger partial charge in [-0.3, -0.25) is 0 Å². The molecule has 1 aromatic rings. The van der Waals surface area contributed by atoms with Crippen molar-refractivity contribution in [3.63, 3.8) is 0 Å². The van der Waals surface area contributed by atoms with Gasteiger partial charge in [0.15, 0.2) is 0 Å². The van der Waals surface area contributed by atoms with E-state index in [9.17, 15) is 8.42 Å². The lowest BCUT2D eigenvalue weighted by molar-refractivity contribution is 0.434. The van der Waals surface area contributed by atoms with Crippen molar-refractivity contribution in [2.75, 3.05) is 6.54 Å². The number of sulfonamides is 1. The van der Waals surface area contributed by atoms with E-state index >= 15 is 0 Å². The highest BCUT2D eigenvalue weighted by molar-refractivity contribution is 7.89. The molecule has 1 aliphatic rings. The molecule has 1 aromatic heterocycles. The van der Waals surface area contributed by atoms with Gasteiger partial charge in [-0.15, -0.1) is 6.58 Å². The summed E-state index contributed by atoms with van der Waals surface area (Å²) in [5, 5.41) is 0.0649. The summed E-state index contributed by atoms with van der Waals surface area (Å²) >= 11 is 5.93. The molecule has 0 unspecified atom stereocenters. The quantitative estimate of drug-likeness (QED) is 0.764. The maximum absolute atomic E-state index is 12.4. The smallest absolute Gasteiger partial charge is 0.264 e. The second-order valence-corrected chi connectivity index (χ2v) is 6.21. The molecule has 0 radical (unpaired) electrons. The first-order chi connectivity index (χ1) is 7.98. The molecule has 0 saturated heterocycles. The number of rotatable bonds is 5. The molecule has 0 N–H and O–H groups in total. The summed E-state index contributed by atoms with van der Waals surface area (Å²) in [7, 11) is -1.96. The van der Waals surface area contributed by atoms with Crippen molar-refractivity contribution in [2.24, 2.45) is 7.05 Å². The first kappa shape index (κ1) is 12.6. The Labute approximate surface area is 106 Å². The Balaban J connectivity index is 2.40. The van der Waals surface area contributed by atoms with Crippen LogP contribution in [0.15, 0.2) is 24.0 Å². The zero-order valence-corrected chi connectivity index (χ0v) is 11.1. The van der Waals surface area contributed by atoms with E-state index in [0.717, 1.165) is 12.8 Å². The summed E-state index contributed by atoms with van der Waals surface area (Å²) in [5.41, 5.74) is 0. The summed E-state index contributed by atoms with van der Waals surface area (Å²) < 4.78 is 27.6. The maximum Gasteiger partial charge on any atom is 0.264 e. The van der Waals surface area contributed by atoms with Crippen LogP contribution in [0.4, 0.5) is 0 Å². The summed E-state index contributed by atoms with van der Waals surface area (Å²) in [5.74, 6) is 0. The highest BCUT2D eigenvalue weighted by atomic mass is 35.5. The minimum Gasteiger partial charge on any atom is -0.324 e. The van der Waals surface area contributed by atoms with Crippen LogP contribution in [0.5, 0.6) is 0 Å². The molecule has 7 heteroatoms. The number of imidazole rings is 1. The van der Waals surface area contributed by atoms with Crippen LogP contribution in [-0.2, 0) is 17.1 Å². The van der Waals surface area contributed by atoms with Crippen LogP contribution in [0.2, 0.25) is 5.15 Å². The van der Waals surface area contributed by atoms with Crippen molar-refractivity contribution in [1.29, 1.82) is 0 Å². The third-order valence-electron chi connectivity index (χ3n) is 2.65. The highest BCUT2D eigenvalue weighted by Gasteiger charge is 2.39. The predicted molar refractivity (Wildman–Crippen MR) is 65.3 cm³/mol. The largest absolute Gasteiger partial charge is 0.324 e. The van der Waals surface area contributed by atoms with Crippen LogP contribution in [0, 0.1) is 0 Å². The SMILES string of the molecule is C=CCN(C1CC1)S(=O)(=O)c1ncn(C)c1Cl. The van der Waals surface area contributed by atoms with Gasteiger partial charge in [0.05, 0.1) is 6.33 Å². The minimum absolute atomic E-state index is 0.0658. The van der Waals surface area contributed by atoms with Crippen LogP contribution in [0.25, 0.3) is 0 Å². The Bertz CT molecular complexity index is 534. The lowest BCUT2D eigenvalue weighted by Gasteiger charge is -2.18. The second kappa shape index (κ2) is 4.44. The Hall–Kier alpha value is -0.850. The first-order valence-corrected chi connectivity index (χ1v) is 7.10. The van der Waals surface area contributed by atoms with Gasteiger partial charge in [0.25, 0.3) is 10.0 Å². The van der Waals surface area contributed by atoms with Gasteiger partial charge in [-0.1, -0.05) is 17.7 Å². The molecular formula is C10H14ClN3O2S. The van der Waals surface area contributed by atoms with Crippen LogP contribution >= 0.6 is 11.6 Å². The predicted octanol–water partition coefficient (Wildman–Crippen LogP) is 1.41. The molecule has 0 amide bonds. The molecule has 0 atom stereocenters. The Morgan fingerprint density at radius 2 is 2.35 bits per heavy atom. The van der Waals surface area contributed by atoms with Gasteiger partial charge >= 0.3 is 0 Å². The van der Waals surface area contributed by atoms with E-state index in [4.69, 9.17) is 11.6 Å². The van der Waals surface area contributed by atoms with Gasteiger partial charge in [0.1, 0.15) is 5.15 Å². The summed E-state index contributed by atoms with van der Waals surface area (Å²) in [6.07, 6.45) is 4.75. The van der Waals surface area contributed by atoms with Gasteiger partial charge < -0.3 is 4.57 Å². The number of hydrogen-bond donors (Lipinski definition) is 0. The molecule has 17 heavy (non-hydrogen) atoms. The fourth-order valence-corrected chi connectivity index (χ4v) is 3.66. The molecule has 0 aliphatic heterocycles. The molecule has 2 rings (SSSR count). The molecular weight excluding hydrogens is 262 g/mol. The van der Waals surface area contributed by atoms with E-state index < -0.39 is 10.0 Å². The highest BCUT2D eigenvalue weighted by Crippen LogP contribution is 2.33. The molecule has 1 heterocycles. The van der Waals surface area contributed by atoms with E-state index in [2.05, 4.69) is 11.6 Å². The Kier molecular flexibility index (Phi) is 3.29. The van der Waals surface area contributed by atoms with Crippen molar-refractivity contribution < 1.29 is 8.42 Å². The normalized spacial score (nSPS) is 16.4. The van der Waals surface area contributed by atoms with Crippen LogP contribution in [0.3, 0.4) is 0 Å². The summed E-state index contributed by atoms with van der Waals surface area (Å²) in [6, 6.07) is 0.0658. The number of halogens is 1. The molecule has 0 spiro atoms. The van der Waals surface area contributed by atoms with E-state index in [1.54, 1.807) is 13.1 Å². The van der Waals surface area contributed by atoms with Crippen molar-refractivity contribution in [1.82, 2.24) is 13.9 Å². The zero-order chi connectivity index (χ0) is 12.6. The van der Waals surface area contributed by atoms with Gasteiger partial charge in [-0.25, -0.2) is 13.4 Å². The summed E-state index contributed by atoms with van der Waals surface area (Å²) in [4.78, 5) is 3.87. The van der Waals surface area contributed by atoms with E-state index in [0.29, 0.717) is 6.54 Å². The lowest BCUT2D eigenvalue weighted by atomic mass is 10.6.